The Balaban J connectivity index is 2.32. The van der Waals surface area contributed by atoms with E-state index in [4.69, 9.17) is 0 Å². The topological polar surface area (TPSA) is 156 Å². The summed E-state index contributed by atoms with van der Waals surface area (Å²) in [7, 11) is 0. The number of hydrogen-bond donors (Lipinski definition) is 6. The van der Waals surface area contributed by atoms with Gasteiger partial charge in [0.2, 0.25) is 0 Å². The summed E-state index contributed by atoms with van der Waals surface area (Å²) >= 11 is 0. The number of hydrogen-bond acceptors (Lipinski definition) is 8. The summed E-state index contributed by atoms with van der Waals surface area (Å²) in [5.41, 5.74) is 1.70. The van der Waals surface area contributed by atoms with Crippen LogP contribution in [0.1, 0.15) is 70.7 Å². The van der Waals surface area contributed by atoms with Crippen molar-refractivity contribution < 1.29 is 40.2 Å². The molecule has 4 rings (SSSR count). The van der Waals surface area contributed by atoms with Crippen molar-refractivity contribution in [3.05, 3.63) is 45.5 Å². The zero-order chi connectivity index (χ0) is 28.0. The smallest absolute Gasteiger partial charge is 0.169 e. The molecule has 0 radical (unpaired) electrons. The molecule has 0 atom stereocenters. The van der Waals surface area contributed by atoms with E-state index in [1.807, 2.05) is 13.8 Å². The molecule has 0 heterocycles. The highest BCUT2D eigenvalue weighted by atomic mass is 16.3. The number of aldehydes is 2. The Labute approximate surface area is 219 Å². The van der Waals surface area contributed by atoms with Crippen LogP contribution in [0.15, 0.2) is 12.1 Å². The van der Waals surface area contributed by atoms with Crippen molar-refractivity contribution in [2.75, 3.05) is 0 Å². The average Bonchev–Trinajstić information content (AvgIpc) is 2.91. The highest BCUT2D eigenvalue weighted by Crippen LogP contribution is 2.53. The van der Waals surface area contributed by atoms with Gasteiger partial charge in [-0.05, 0) is 59.7 Å². The monoisotopic (exact) mass is 518 g/mol. The number of aromatic hydroxyl groups is 6. The molecule has 6 N–H and O–H groups in total. The number of fused-ring (bicyclic) bond motifs is 2. The molecule has 0 aliphatic rings. The van der Waals surface area contributed by atoms with Crippen LogP contribution >= 0.6 is 0 Å². The summed E-state index contributed by atoms with van der Waals surface area (Å²) in [6, 6.07) is 3.43. The van der Waals surface area contributed by atoms with Crippen LogP contribution in [-0.2, 0) is 25.7 Å². The maximum atomic E-state index is 12.0. The summed E-state index contributed by atoms with van der Waals surface area (Å²) < 4.78 is 0. The Bertz CT molecular complexity index is 1530. The number of aryl methyl sites for hydroxylation is 4. The Hall–Kier alpha value is -4.46. The van der Waals surface area contributed by atoms with Gasteiger partial charge in [0.1, 0.15) is 11.5 Å². The summed E-state index contributed by atoms with van der Waals surface area (Å²) in [4.78, 5) is 24.0. The van der Waals surface area contributed by atoms with Crippen molar-refractivity contribution in [3.63, 3.8) is 0 Å². The molecule has 0 fully saturated rings. The maximum absolute atomic E-state index is 12.0. The van der Waals surface area contributed by atoms with Gasteiger partial charge in [-0.3, -0.25) is 9.59 Å². The number of carbonyl (C=O) groups is 2. The fourth-order valence-corrected chi connectivity index (χ4v) is 5.56. The van der Waals surface area contributed by atoms with Gasteiger partial charge in [-0.25, -0.2) is 0 Å². The van der Waals surface area contributed by atoms with Crippen LogP contribution in [0.25, 0.3) is 32.7 Å². The van der Waals surface area contributed by atoms with Gasteiger partial charge in [-0.2, -0.15) is 0 Å². The van der Waals surface area contributed by atoms with Crippen LogP contribution in [-0.4, -0.2) is 43.2 Å². The predicted octanol–water partition coefficient (Wildman–Crippen LogP) is 5.77. The van der Waals surface area contributed by atoms with Crippen molar-refractivity contribution in [2.24, 2.45) is 0 Å². The fraction of sp³-hybridized carbons (Fsp3) is 0.267. The third-order valence-corrected chi connectivity index (χ3v) is 7.44. The van der Waals surface area contributed by atoms with Crippen molar-refractivity contribution in [1.82, 2.24) is 0 Å². The van der Waals surface area contributed by atoms with Crippen LogP contribution in [0.5, 0.6) is 34.5 Å². The summed E-state index contributed by atoms with van der Waals surface area (Å²) in [5.74, 6) is -2.91. The third kappa shape index (κ3) is 3.51. The molecule has 0 bridgehead atoms. The number of rotatable bonds is 7. The highest BCUT2D eigenvalue weighted by molar-refractivity contribution is 6.14. The predicted molar refractivity (Wildman–Crippen MR) is 145 cm³/mol. The Morgan fingerprint density at radius 2 is 0.868 bits per heavy atom. The molecule has 38 heavy (non-hydrogen) atoms. The second kappa shape index (κ2) is 9.78. The van der Waals surface area contributed by atoms with Gasteiger partial charge >= 0.3 is 0 Å². The van der Waals surface area contributed by atoms with Crippen LogP contribution < -0.4 is 0 Å². The lowest BCUT2D eigenvalue weighted by molar-refractivity contribution is 0.111. The molecule has 8 nitrogen and oxygen atoms in total. The minimum Gasteiger partial charge on any atom is -0.507 e. The molecular formula is C30H30O8. The maximum Gasteiger partial charge on any atom is 0.169 e. The van der Waals surface area contributed by atoms with E-state index in [1.54, 1.807) is 26.0 Å². The quantitative estimate of drug-likeness (QED) is 0.133. The SMILES string of the molecule is CCc1cc2c(CC)c(O)c(O)c(C=O)c2c(O)c1-c1c(CC)cc2c(CC)c(O)c(O)c(C=O)c2c1O. The van der Waals surface area contributed by atoms with E-state index in [9.17, 15) is 40.2 Å². The first kappa shape index (κ1) is 26.6. The molecular weight excluding hydrogens is 488 g/mol. The lowest BCUT2D eigenvalue weighted by atomic mass is 9.83. The highest BCUT2D eigenvalue weighted by Gasteiger charge is 2.29. The van der Waals surface area contributed by atoms with Crippen LogP contribution in [0.3, 0.4) is 0 Å². The second-order valence-electron chi connectivity index (χ2n) is 9.19. The Kier molecular flexibility index (Phi) is 6.84. The largest absolute Gasteiger partial charge is 0.507 e. The molecule has 4 aromatic carbocycles. The first-order valence-corrected chi connectivity index (χ1v) is 12.5. The summed E-state index contributed by atoms with van der Waals surface area (Å²) in [6.07, 6.45) is 2.11. The first-order valence-electron chi connectivity index (χ1n) is 12.5. The van der Waals surface area contributed by atoms with E-state index in [2.05, 4.69) is 0 Å². The van der Waals surface area contributed by atoms with Gasteiger partial charge in [-0.15, -0.1) is 0 Å². The van der Waals surface area contributed by atoms with E-state index < -0.39 is 23.0 Å². The molecule has 0 unspecified atom stereocenters. The summed E-state index contributed by atoms with van der Waals surface area (Å²) in [6.45, 7) is 7.22. The average molecular weight is 519 g/mol. The van der Waals surface area contributed by atoms with Gasteiger partial charge in [0.15, 0.2) is 35.6 Å². The molecule has 0 aliphatic carbocycles. The fourth-order valence-electron chi connectivity index (χ4n) is 5.56. The molecule has 4 aromatic rings. The van der Waals surface area contributed by atoms with E-state index in [0.29, 0.717) is 71.3 Å². The Morgan fingerprint density at radius 1 is 0.526 bits per heavy atom. The van der Waals surface area contributed by atoms with Crippen LogP contribution in [0.2, 0.25) is 0 Å². The molecule has 0 spiro atoms. The van der Waals surface area contributed by atoms with E-state index in [1.165, 1.54) is 0 Å². The Morgan fingerprint density at radius 3 is 1.13 bits per heavy atom. The minimum atomic E-state index is -0.649. The van der Waals surface area contributed by atoms with Gasteiger partial charge in [0.25, 0.3) is 0 Å². The zero-order valence-corrected chi connectivity index (χ0v) is 21.6. The molecule has 0 saturated heterocycles. The standard InChI is InChI=1S/C30H30O8/c1-5-13-9-17-15(7-3)25(33)27(35)19(11-31)23(17)29(37)21(13)22-14(6-2)10-18-16(8-4)26(34)28(36)20(12-32)24(18)30(22)38/h9-12,33-38H,5-8H2,1-4H3. The lowest BCUT2D eigenvalue weighted by Gasteiger charge is -2.23. The van der Waals surface area contributed by atoms with E-state index >= 15 is 0 Å². The van der Waals surface area contributed by atoms with Gasteiger partial charge in [0.05, 0.1) is 11.1 Å². The van der Waals surface area contributed by atoms with Crippen molar-refractivity contribution in [3.8, 4) is 45.6 Å². The van der Waals surface area contributed by atoms with Crippen LogP contribution in [0.4, 0.5) is 0 Å². The minimum absolute atomic E-state index is 0.0271. The normalized spacial score (nSPS) is 11.4. The number of benzene rings is 4. The molecule has 0 saturated carbocycles. The van der Waals surface area contributed by atoms with E-state index in [-0.39, 0.29) is 44.5 Å². The molecule has 0 aromatic heterocycles. The molecule has 0 aliphatic heterocycles. The van der Waals surface area contributed by atoms with E-state index in [0.717, 1.165) is 0 Å². The van der Waals surface area contributed by atoms with Gasteiger partial charge in [-0.1, -0.05) is 27.7 Å². The van der Waals surface area contributed by atoms with Crippen molar-refractivity contribution >= 4 is 34.1 Å². The first-order chi connectivity index (χ1) is 18.1. The molecule has 198 valence electrons. The lowest BCUT2D eigenvalue weighted by Crippen LogP contribution is -2.01. The van der Waals surface area contributed by atoms with Gasteiger partial charge in [0, 0.05) is 33.0 Å². The second-order valence-corrected chi connectivity index (χ2v) is 9.19. The zero-order valence-electron chi connectivity index (χ0n) is 21.6. The molecule has 0 amide bonds. The number of phenolic OH excluding ortho intramolecular Hbond substituents is 6. The van der Waals surface area contributed by atoms with Crippen molar-refractivity contribution in [1.29, 1.82) is 0 Å². The third-order valence-electron chi connectivity index (χ3n) is 7.44. The van der Waals surface area contributed by atoms with Crippen LogP contribution in [0, 0.1) is 0 Å². The van der Waals surface area contributed by atoms with Gasteiger partial charge < -0.3 is 30.6 Å². The van der Waals surface area contributed by atoms with Crippen molar-refractivity contribution in [2.45, 2.75) is 53.4 Å². The number of phenols is 6. The molecule has 8 heteroatoms. The number of carbonyl (C=O) groups excluding carboxylic acids is 2. The summed E-state index contributed by atoms with van der Waals surface area (Å²) in [5, 5.41) is 66.4.